The molecule has 0 saturated carbocycles. The fourth-order valence-corrected chi connectivity index (χ4v) is 1.85. The summed E-state index contributed by atoms with van der Waals surface area (Å²) in [5.74, 6) is 0.362. The largest absolute Gasteiger partial charge is 0.497 e. The van der Waals surface area contributed by atoms with Crippen LogP contribution in [-0.4, -0.2) is 17.0 Å². The first-order chi connectivity index (χ1) is 9.32. The first-order valence-electron chi connectivity index (χ1n) is 5.41. The van der Waals surface area contributed by atoms with E-state index in [1.165, 1.54) is 25.3 Å². The highest BCUT2D eigenvalue weighted by atomic mass is 19.4. The van der Waals surface area contributed by atoms with Crippen LogP contribution in [0, 0.1) is 10.1 Å². The minimum atomic E-state index is -4.64. The van der Waals surface area contributed by atoms with Crippen LogP contribution in [0.2, 0.25) is 0 Å². The van der Waals surface area contributed by atoms with Gasteiger partial charge in [-0.15, -0.1) is 0 Å². The van der Waals surface area contributed by atoms with Crippen molar-refractivity contribution in [1.29, 1.82) is 0 Å². The van der Waals surface area contributed by atoms with Gasteiger partial charge in [-0.1, -0.05) is 0 Å². The maximum Gasteiger partial charge on any atom is 0.431 e. The van der Waals surface area contributed by atoms with Crippen LogP contribution in [0.5, 0.6) is 5.75 Å². The molecule has 0 unspecified atom stereocenters. The van der Waals surface area contributed by atoms with Crippen LogP contribution >= 0.6 is 0 Å². The summed E-state index contributed by atoms with van der Waals surface area (Å²) >= 11 is 0. The van der Waals surface area contributed by atoms with Gasteiger partial charge in [-0.3, -0.25) is 10.1 Å². The summed E-state index contributed by atoms with van der Waals surface area (Å²) in [6.45, 7) is 0. The lowest BCUT2D eigenvalue weighted by Gasteiger charge is -2.04. The third-order valence-corrected chi connectivity index (χ3v) is 2.69. The summed E-state index contributed by atoms with van der Waals surface area (Å²) in [4.78, 5) is 11.7. The standard InChI is InChI=1S/C12H9F3N2O3/c1-20-7-2-3-10-9(6-7)8(4-5-17(18)19)11(16-10)12(13,14)15/h2-6,16H,1H3/b5-4+. The van der Waals surface area contributed by atoms with Gasteiger partial charge in [0.25, 0.3) is 0 Å². The third-order valence-electron chi connectivity index (χ3n) is 2.69. The Morgan fingerprint density at radius 2 is 2.10 bits per heavy atom. The van der Waals surface area contributed by atoms with Crippen molar-refractivity contribution in [3.63, 3.8) is 0 Å². The molecular formula is C12H9F3N2O3. The van der Waals surface area contributed by atoms with Crippen molar-refractivity contribution in [2.75, 3.05) is 7.11 Å². The van der Waals surface area contributed by atoms with Gasteiger partial charge >= 0.3 is 6.18 Å². The number of halogens is 3. The van der Waals surface area contributed by atoms with E-state index in [1.807, 2.05) is 0 Å². The maximum absolute atomic E-state index is 12.9. The Labute approximate surface area is 110 Å². The van der Waals surface area contributed by atoms with Crippen molar-refractivity contribution < 1.29 is 22.8 Å². The Kier molecular flexibility index (Phi) is 3.39. The summed E-state index contributed by atoms with van der Waals surface area (Å²) in [6.07, 6.45) is -3.35. The van der Waals surface area contributed by atoms with Crippen molar-refractivity contribution >= 4 is 17.0 Å². The molecule has 106 valence electrons. The second-order valence-corrected chi connectivity index (χ2v) is 3.92. The van der Waals surface area contributed by atoms with Crippen molar-refractivity contribution in [3.8, 4) is 5.75 Å². The molecule has 0 aliphatic rings. The summed E-state index contributed by atoms with van der Waals surface area (Å²) in [5.41, 5.74) is -1.09. The average molecular weight is 286 g/mol. The lowest BCUT2D eigenvalue weighted by molar-refractivity contribution is -0.400. The predicted octanol–water partition coefficient (Wildman–Crippen LogP) is 3.44. The number of ether oxygens (including phenoxy) is 1. The number of nitro groups is 1. The average Bonchev–Trinajstić information content (AvgIpc) is 2.73. The first kappa shape index (κ1) is 13.9. The molecular weight excluding hydrogens is 277 g/mol. The highest BCUT2D eigenvalue weighted by Gasteiger charge is 2.36. The Bertz CT molecular complexity index is 689. The molecule has 0 bridgehead atoms. The van der Waals surface area contributed by atoms with Gasteiger partial charge in [0.1, 0.15) is 11.4 Å². The molecule has 20 heavy (non-hydrogen) atoms. The molecule has 0 atom stereocenters. The minimum absolute atomic E-state index is 0.203. The molecule has 0 aliphatic carbocycles. The highest BCUT2D eigenvalue weighted by molar-refractivity contribution is 5.91. The number of alkyl halides is 3. The molecule has 0 radical (unpaired) electrons. The number of rotatable bonds is 3. The van der Waals surface area contributed by atoms with E-state index in [-0.39, 0.29) is 16.5 Å². The van der Waals surface area contributed by atoms with Crippen LogP contribution < -0.4 is 4.74 Å². The number of H-pyrrole nitrogens is 1. The second-order valence-electron chi connectivity index (χ2n) is 3.92. The van der Waals surface area contributed by atoms with E-state index in [2.05, 4.69) is 4.98 Å². The van der Waals surface area contributed by atoms with Crippen molar-refractivity contribution in [2.45, 2.75) is 6.18 Å². The van der Waals surface area contributed by atoms with Gasteiger partial charge in [-0.2, -0.15) is 13.2 Å². The van der Waals surface area contributed by atoms with Crippen molar-refractivity contribution in [1.82, 2.24) is 4.98 Å². The van der Waals surface area contributed by atoms with Gasteiger partial charge in [0.05, 0.1) is 12.0 Å². The fraction of sp³-hybridized carbons (Fsp3) is 0.167. The number of benzene rings is 1. The third kappa shape index (κ3) is 2.58. The lowest BCUT2D eigenvalue weighted by Crippen LogP contribution is -2.07. The molecule has 5 nitrogen and oxygen atoms in total. The van der Waals surface area contributed by atoms with Crippen molar-refractivity contribution in [3.05, 3.63) is 45.8 Å². The molecule has 1 aromatic carbocycles. The van der Waals surface area contributed by atoms with E-state index in [9.17, 15) is 23.3 Å². The van der Waals surface area contributed by atoms with E-state index in [0.29, 0.717) is 11.9 Å². The number of fused-ring (bicyclic) bond motifs is 1. The number of aromatic nitrogens is 1. The molecule has 1 N–H and O–H groups in total. The molecule has 1 aromatic heterocycles. The van der Waals surface area contributed by atoms with Crippen molar-refractivity contribution in [2.24, 2.45) is 0 Å². The fourth-order valence-electron chi connectivity index (χ4n) is 1.85. The maximum atomic E-state index is 12.9. The number of hydrogen-bond acceptors (Lipinski definition) is 3. The smallest absolute Gasteiger partial charge is 0.431 e. The number of nitrogens with one attached hydrogen (secondary N) is 1. The lowest BCUT2D eigenvalue weighted by atomic mass is 10.1. The normalized spacial score (nSPS) is 12.2. The molecule has 0 aliphatic heterocycles. The summed E-state index contributed by atoms with van der Waals surface area (Å²) in [6, 6.07) is 4.31. The van der Waals surface area contributed by atoms with Crippen LogP contribution in [0.3, 0.4) is 0 Å². The topological polar surface area (TPSA) is 68.2 Å². The summed E-state index contributed by atoms with van der Waals surface area (Å²) in [7, 11) is 1.38. The zero-order valence-electron chi connectivity index (χ0n) is 10.2. The van der Waals surface area contributed by atoms with Gasteiger partial charge in [-0.25, -0.2) is 0 Å². The van der Waals surface area contributed by atoms with Crippen LogP contribution in [0.1, 0.15) is 11.3 Å². The molecule has 0 saturated heterocycles. The molecule has 0 amide bonds. The predicted molar refractivity (Wildman–Crippen MR) is 65.9 cm³/mol. The second kappa shape index (κ2) is 4.87. The number of aromatic amines is 1. The van der Waals surface area contributed by atoms with Gasteiger partial charge < -0.3 is 9.72 Å². The van der Waals surface area contributed by atoms with E-state index in [0.717, 1.165) is 6.08 Å². The van der Waals surface area contributed by atoms with E-state index in [1.54, 1.807) is 0 Å². The molecule has 0 fully saturated rings. The quantitative estimate of drug-likeness (QED) is 0.694. The number of hydrogen-bond donors (Lipinski definition) is 1. The van der Waals surface area contributed by atoms with E-state index < -0.39 is 16.8 Å². The monoisotopic (exact) mass is 286 g/mol. The zero-order valence-corrected chi connectivity index (χ0v) is 10.2. The highest BCUT2D eigenvalue weighted by Crippen LogP contribution is 2.37. The SMILES string of the molecule is COc1ccc2[nH]c(C(F)(F)F)c(/C=C/[N+](=O)[O-])c2c1. The van der Waals surface area contributed by atoms with E-state index in [4.69, 9.17) is 4.74 Å². The Morgan fingerprint density at radius 3 is 2.65 bits per heavy atom. The number of methoxy groups -OCH3 is 1. The molecule has 2 aromatic rings. The van der Waals surface area contributed by atoms with Gasteiger partial charge in [0.2, 0.25) is 6.20 Å². The van der Waals surface area contributed by atoms with Crippen LogP contribution in [-0.2, 0) is 6.18 Å². The van der Waals surface area contributed by atoms with Gasteiger partial charge in [0, 0.05) is 22.5 Å². The molecule has 8 heteroatoms. The molecule has 2 rings (SSSR count). The van der Waals surface area contributed by atoms with Crippen LogP contribution in [0.15, 0.2) is 24.4 Å². The van der Waals surface area contributed by atoms with Crippen LogP contribution in [0.4, 0.5) is 13.2 Å². The Balaban J connectivity index is 2.72. The molecule has 0 spiro atoms. The number of nitrogens with zero attached hydrogens (tertiary/aromatic N) is 1. The zero-order chi connectivity index (χ0) is 14.9. The summed E-state index contributed by atoms with van der Waals surface area (Å²) < 4.78 is 43.7. The minimum Gasteiger partial charge on any atom is -0.497 e. The Morgan fingerprint density at radius 1 is 1.40 bits per heavy atom. The van der Waals surface area contributed by atoms with Gasteiger partial charge in [-0.05, 0) is 18.2 Å². The molecule has 1 heterocycles. The summed E-state index contributed by atoms with van der Waals surface area (Å²) in [5, 5.41) is 10.5. The van der Waals surface area contributed by atoms with Gasteiger partial charge in [0.15, 0.2) is 0 Å². The first-order valence-corrected chi connectivity index (χ1v) is 5.41. The van der Waals surface area contributed by atoms with Crippen LogP contribution in [0.25, 0.3) is 17.0 Å². The Hall–Kier alpha value is -2.51. The van der Waals surface area contributed by atoms with E-state index >= 15 is 0 Å².